The minimum absolute atomic E-state index is 0.325. The summed E-state index contributed by atoms with van der Waals surface area (Å²) in [6.07, 6.45) is 3.31. The highest BCUT2D eigenvalue weighted by atomic mass is 35.5. The monoisotopic (exact) mass is 500 g/mol. The van der Waals surface area contributed by atoms with Crippen molar-refractivity contribution in [2.24, 2.45) is 0 Å². The second-order valence-corrected chi connectivity index (χ2v) is 8.72. The molecule has 0 aliphatic rings. The highest BCUT2D eigenvalue weighted by Crippen LogP contribution is 2.30. The van der Waals surface area contributed by atoms with E-state index in [9.17, 15) is 9.59 Å². The van der Waals surface area contributed by atoms with Gasteiger partial charge >= 0.3 is 5.97 Å². The lowest BCUT2D eigenvalue weighted by atomic mass is 10.0. The Balaban J connectivity index is 1.30. The first-order valence-corrected chi connectivity index (χ1v) is 11.8. The number of carbonyl (C=O) groups excluding carboxylic acids is 2. The number of nitrogens with zero attached hydrogens (tertiary/aromatic N) is 3. The van der Waals surface area contributed by atoms with E-state index in [2.05, 4.69) is 20.3 Å². The number of aromatic nitrogens is 3. The molecule has 0 atom stereocenters. The van der Waals surface area contributed by atoms with Crippen molar-refractivity contribution in [3.63, 3.8) is 0 Å². The standard InChI is InChI=1S/C26H17ClN4O3S/c27-20-7-3-1-6-18(20)23-15-35-26(30-23)31-24(32)14-34-25(33)19-13-22(16-9-11-28-12-10-16)29-21-8-4-2-5-17(19)21/h1-13,15H,14H2,(H,30,31,32). The van der Waals surface area contributed by atoms with Crippen LogP contribution in [0.2, 0.25) is 5.02 Å². The first kappa shape index (κ1) is 22.6. The van der Waals surface area contributed by atoms with Crippen LogP contribution in [0.4, 0.5) is 5.13 Å². The number of para-hydroxylation sites is 1. The summed E-state index contributed by atoms with van der Waals surface area (Å²) >= 11 is 7.48. The van der Waals surface area contributed by atoms with Crippen LogP contribution in [0.25, 0.3) is 33.4 Å². The van der Waals surface area contributed by atoms with Crippen molar-refractivity contribution in [2.45, 2.75) is 0 Å². The molecule has 172 valence electrons. The molecule has 0 radical (unpaired) electrons. The summed E-state index contributed by atoms with van der Waals surface area (Å²) in [5.41, 5.74) is 3.82. The number of carbonyl (C=O) groups is 2. The van der Waals surface area contributed by atoms with Crippen molar-refractivity contribution >= 4 is 50.8 Å². The van der Waals surface area contributed by atoms with Crippen LogP contribution >= 0.6 is 22.9 Å². The number of pyridine rings is 2. The highest BCUT2D eigenvalue weighted by molar-refractivity contribution is 7.14. The van der Waals surface area contributed by atoms with Gasteiger partial charge in [0.1, 0.15) is 0 Å². The maximum atomic E-state index is 13.0. The van der Waals surface area contributed by atoms with Crippen LogP contribution in [0.15, 0.2) is 84.5 Å². The average Bonchev–Trinajstić information content (AvgIpc) is 3.35. The van der Waals surface area contributed by atoms with Gasteiger partial charge in [-0.25, -0.2) is 14.8 Å². The first-order chi connectivity index (χ1) is 17.1. The molecule has 0 aliphatic carbocycles. The summed E-state index contributed by atoms with van der Waals surface area (Å²) in [6, 6.07) is 19.9. The van der Waals surface area contributed by atoms with Gasteiger partial charge in [-0.1, -0.05) is 48.0 Å². The van der Waals surface area contributed by atoms with E-state index in [-0.39, 0.29) is 0 Å². The van der Waals surface area contributed by atoms with Crippen molar-refractivity contribution in [3.05, 3.63) is 95.1 Å². The molecule has 9 heteroatoms. The minimum atomic E-state index is -0.620. The molecular formula is C26H17ClN4O3S. The number of hydrogen-bond acceptors (Lipinski definition) is 7. The number of hydrogen-bond donors (Lipinski definition) is 1. The Labute approximate surface area is 209 Å². The molecule has 3 aromatic heterocycles. The van der Waals surface area contributed by atoms with Crippen molar-refractivity contribution in [1.82, 2.24) is 15.0 Å². The molecule has 2 aromatic carbocycles. The van der Waals surface area contributed by atoms with Gasteiger partial charge in [0.05, 0.1) is 22.5 Å². The fourth-order valence-electron chi connectivity index (χ4n) is 3.50. The number of thiazole rings is 1. The largest absolute Gasteiger partial charge is 0.452 e. The van der Waals surface area contributed by atoms with Gasteiger partial charge in [-0.05, 0) is 30.3 Å². The quantitative estimate of drug-likeness (QED) is 0.293. The van der Waals surface area contributed by atoms with E-state index < -0.39 is 18.5 Å². The lowest BCUT2D eigenvalue weighted by Gasteiger charge is -2.10. The summed E-state index contributed by atoms with van der Waals surface area (Å²) in [5.74, 6) is -1.11. The Morgan fingerprint density at radius 1 is 0.943 bits per heavy atom. The second-order valence-electron chi connectivity index (χ2n) is 7.45. The third-order valence-corrected chi connectivity index (χ3v) is 6.23. The lowest BCUT2D eigenvalue weighted by molar-refractivity contribution is -0.119. The maximum Gasteiger partial charge on any atom is 0.339 e. The van der Waals surface area contributed by atoms with Gasteiger partial charge in [0.2, 0.25) is 0 Å². The predicted molar refractivity (Wildman–Crippen MR) is 136 cm³/mol. The number of esters is 1. The molecule has 35 heavy (non-hydrogen) atoms. The van der Waals surface area contributed by atoms with E-state index in [0.29, 0.717) is 38.0 Å². The van der Waals surface area contributed by atoms with Crippen molar-refractivity contribution in [1.29, 1.82) is 0 Å². The van der Waals surface area contributed by atoms with Gasteiger partial charge in [0.25, 0.3) is 5.91 Å². The van der Waals surface area contributed by atoms with E-state index in [0.717, 1.165) is 11.1 Å². The van der Waals surface area contributed by atoms with E-state index in [1.807, 2.05) is 48.5 Å². The summed E-state index contributed by atoms with van der Waals surface area (Å²) in [7, 11) is 0. The highest BCUT2D eigenvalue weighted by Gasteiger charge is 2.17. The first-order valence-electron chi connectivity index (χ1n) is 10.6. The number of anilines is 1. The summed E-state index contributed by atoms with van der Waals surface area (Å²) in [6.45, 7) is -0.457. The third kappa shape index (κ3) is 5.03. The molecule has 1 N–H and O–H groups in total. The van der Waals surface area contributed by atoms with E-state index in [1.165, 1.54) is 11.3 Å². The average molecular weight is 501 g/mol. The Bertz CT molecular complexity index is 1540. The lowest BCUT2D eigenvalue weighted by Crippen LogP contribution is -2.21. The SMILES string of the molecule is O=C(COC(=O)c1cc(-c2ccncc2)nc2ccccc12)Nc1nc(-c2ccccc2Cl)cs1. The smallest absolute Gasteiger partial charge is 0.339 e. The normalized spacial score (nSPS) is 10.8. The van der Waals surface area contributed by atoms with Gasteiger partial charge in [-0.15, -0.1) is 11.3 Å². The number of fused-ring (bicyclic) bond motifs is 1. The fraction of sp³-hybridized carbons (Fsp3) is 0.0385. The summed E-state index contributed by atoms with van der Waals surface area (Å²) in [5, 5.41) is 6.05. The Morgan fingerprint density at radius 2 is 1.71 bits per heavy atom. The van der Waals surface area contributed by atoms with Gasteiger partial charge in [0.15, 0.2) is 11.7 Å². The Kier molecular flexibility index (Phi) is 6.47. The van der Waals surface area contributed by atoms with E-state index >= 15 is 0 Å². The topological polar surface area (TPSA) is 94.1 Å². The van der Waals surface area contributed by atoms with Crippen LogP contribution < -0.4 is 5.32 Å². The molecular weight excluding hydrogens is 484 g/mol. The molecule has 0 bridgehead atoms. The number of amides is 1. The Morgan fingerprint density at radius 3 is 2.54 bits per heavy atom. The zero-order valence-electron chi connectivity index (χ0n) is 18.1. The van der Waals surface area contributed by atoms with Crippen LogP contribution in [-0.2, 0) is 9.53 Å². The van der Waals surface area contributed by atoms with E-state index in [1.54, 1.807) is 36.0 Å². The second kappa shape index (κ2) is 10.0. The minimum Gasteiger partial charge on any atom is -0.452 e. The zero-order chi connectivity index (χ0) is 24.2. The van der Waals surface area contributed by atoms with Crippen molar-refractivity contribution in [3.8, 4) is 22.5 Å². The molecule has 0 aliphatic heterocycles. The molecule has 0 saturated carbocycles. The van der Waals surface area contributed by atoms with Gasteiger partial charge in [-0.2, -0.15) is 0 Å². The zero-order valence-corrected chi connectivity index (χ0v) is 19.7. The molecule has 7 nitrogen and oxygen atoms in total. The summed E-state index contributed by atoms with van der Waals surface area (Å²) in [4.78, 5) is 38.5. The van der Waals surface area contributed by atoms with E-state index in [4.69, 9.17) is 16.3 Å². The van der Waals surface area contributed by atoms with Gasteiger partial charge < -0.3 is 4.74 Å². The van der Waals surface area contributed by atoms with Crippen LogP contribution in [0.1, 0.15) is 10.4 Å². The number of ether oxygens (including phenoxy) is 1. The van der Waals surface area contributed by atoms with Crippen LogP contribution in [0.3, 0.4) is 0 Å². The van der Waals surface area contributed by atoms with Gasteiger partial charge in [0, 0.05) is 39.3 Å². The number of benzene rings is 2. The molecule has 0 fully saturated rings. The fourth-order valence-corrected chi connectivity index (χ4v) is 4.46. The number of nitrogens with one attached hydrogen (secondary N) is 1. The molecule has 0 spiro atoms. The predicted octanol–water partition coefficient (Wildman–Crippen LogP) is 5.87. The molecule has 0 unspecified atom stereocenters. The van der Waals surface area contributed by atoms with Crippen molar-refractivity contribution in [2.75, 3.05) is 11.9 Å². The van der Waals surface area contributed by atoms with Crippen LogP contribution in [-0.4, -0.2) is 33.4 Å². The van der Waals surface area contributed by atoms with Crippen molar-refractivity contribution < 1.29 is 14.3 Å². The Hall–Kier alpha value is -4.14. The molecule has 0 saturated heterocycles. The van der Waals surface area contributed by atoms with Gasteiger partial charge in [-0.3, -0.25) is 15.1 Å². The molecule has 3 heterocycles. The molecule has 1 amide bonds. The van der Waals surface area contributed by atoms with Crippen LogP contribution in [0.5, 0.6) is 0 Å². The summed E-state index contributed by atoms with van der Waals surface area (Å²) < 4.78 is 5.34. The molecule has 5 rings (SSSR count). The molecule has 5 aromatic rings. The maximum absolute atomic E-state index is 13.0. The third-order valence-electron chi connectivity index (χ3n) is 5.15. The number of rotatable bonds is 6. The number of halogens is 1. The van der Waals surface area contributed by atoms with Crippen LogP contribution in [0, 0.1) is 0 Å².